The van der Waals surface area contributed by atoms with Gasteiger partial charge < -0.3 is 15.5 Å². The van der Waals surface area contributed by atoms with Crippen molar-refractivity contribution in [3.63, 3.8) is 0 Å². The Kier molecular flexibility index (Phi) is 4.35. The Balaban J connectivity index is 1.81. The van der Waals surface area contributed by atoms with Crippen molar-refractivity contribution >= 4 is 40.6 Å². The number of phenols is 1. The van der Waals surface area contributed by atoms with Crippen LogP contribution >= 0.6 is 11.8 Å². The summed E-state index contributed by atoms with van der Waals surface area (Å²) in [6, 6.07) is 12.7. The number of hydrogen-bond donors (Lipinski definition) is 3. The second-order valence-electron chi connectivity index (χ2n) is 4.89. The number of aromatic hydroxyl groups is 1. The molecule has 0 aromatic heterocycles. The van der Waals surface area contributed by atoms with Crippen LogP contribution in [0.15, 0.2) is 58.4 Å². The first kappa shape index (κ1) is 15.8. The molecule has 1 amide bonds. The fourth-order valence-corrected chi connectivity index (χ4v) is 2.86. The lowest BCUT2D eigenvalue weighted by Crippen LogP contribution is -2.19. The van der Waals surface area contributed by atoms with E-state index < -0.39 is 5.97 Å². The summed E-state index contributed by atoms with van der Waals surface area (Å²) in [6.45, 7) is 0. The maximum Gasteiger partial charge on any atom is 0.335 e. The number of nitrogens with zero attached hydrogens (tertiary/aromatic N) is 1. The molecule has 1 aliphatic heterocycles. The molecule has 6 nitrogen and oxygen atoms in total. The van der Waals surface area contributed by atoms with Crippen LogP contribution in [0.2, 0.25) is 0 Å². The standard InChI is InChI=1S/C17H12N2O4S/c20-13-4-2-1-3-11(13)9-14-15(21)19-17(24-14)18-12-7-5-10(6-8-12)16(22)23/h1-9,20H,(H,22,23)(H,18,19,21)/b14-9-. The Morgan fingerprint density at radius 1 is 1.12 bits per heavy atom. The Bertz CT molecular complexity index is 872. The highest BCUT2D eigenvalue weighted by molar-refractivity contribution is 8.18. The lowest BCUT2D eigenvalue weighted by molar-refractivity contribution is -0.115. The van der Waals surface area contributed by atoms with Crippen molar-refractivity contribution in [2.45, 2.75) is 0 Å². The zero-order valence-corrected chi connectivity index (χ0v) is 13.1. The Morgan fingerprint density at radius 3 is 2.50 bits per heavy atom. The van der Waals surface area contributed by atoms with Gasteiger partial charge in [0, 0.05) is 5.56 Å². The lowest BCUT2D eigenvalue weighted by atomic mass is 10.2. The smallest absolute Gasteiger partial charge is 0.335 e. The molecule has 0 unspecified atom stereocenters. The van der Waals surface area contributed by atoms with Crippen molar-refractivity contribution in [3.8, 4) is 5.75 Å². The van der Waals surface area contributed by atoms with E-state index in [2.05, 4.69) is 10.3 Å². The van der Waals surface area contributed by atoms with Gasteiger partial charge in [-0.25, -0.2) is 9.79 Å². The molecule has 3 rings (SSSR count). The van der Waals surface area contributed by atoms with Crippen LogP contribution in [0.3, 0.4) is 0 Å². The van der Waals surface area contributed by atoms with Gasteiger partial charge in [0.2, 0.25) is 0 Å². The average molecular weight is 340 g/mol. The number of carboxylic acids is 1. The highest BCUT2D eigenvalue weighted by Gasteiger charge is 2.24. The number of nitrogens with one attached hydrogen (secondary N) is 1. The minimum atomic E-state index is -1.01. The van der Waals surface area contributed by atoms with Gasteiger partial charge in [-0.2, -0.15) is 0 Å². The molecule has 120 valence electrons. The highest BCUT2D eigenvalue weighted by atomic mass is 32.2. The summed E-state index contributed by atoms with van der Waals surface area (Å²) >= 11 is 1.15. The Morgan fingerprint density at radius 2 is 1.83 bits per heavy atom. The molecule has 7 heteroatoms. The molecule has 24 heavy (non-hydrogen) atoms. The van der Waals surface area contributed by atoms with Gasteiger partial charge in [-0.15, -0.1) is 0 Å². The van der Waals surface area contributed by atoms with E-state index in [1.54, 1.807) is 42.5 Å². The number of aliphatic imine (C=N–C) groups is 1. The number of rotatable bonds is 3. The van der Waals surface area contributed by atoms with Crippen molar-refractivity contribution in [1.29, 1.82) is 0 Å². The third kappa shape index (κ3) is 3.47. The van der Waals surface area contributed by atoms with Gasteiger partial charge in [-0.3, -0.25) is 4.79 Å². The zero-order chi connectivity index (χ0) is 17.1. The van der Waals surface area contributed by atoms with Crippen LogP contribution in [0.25, 0.3) is 6.08 Å². The van der Waals surface area contributed by atoms with Gasteiger partial charge in [0.05, 0.1) is 16.2 Å². The van der Waals surface area contributed by atoms with Gasteiger partial charge in [0.25, 0.3) is 5.91 Å². The van der Waals surface area contributed by atoms with E-state index in [1.807, 2.05) is 0 Å². The summed E-state index contributed by atoms with van der Waals surface area (Å²) in [6.07, 6.45) is 1.59. The number of carbonyl (C=O) groups excluding carboxylic acids is 1. The highest BCUT2D eigenvalue weighted by Crippen LogP contribution is 2.30. The van der Waals surface area contributed by atoms with Crippen LogP contribution in [0.4, 0.5) is 5.69 Å². The summed E-state index contributed by atoms with van der Waals surface area (Å²) in [7, 11) is 0. The molecular formula is C17H12N2O4S. The van der Waals surface area contributed by atoms with E-state index in [4.69, 9.17) is 5.11 Å². The first-order chi connectivity index (χ1) is 11.5. The van der Waals surface area contributed by atoms with Gasteiger partial charge in [-0.05, 0) is 48.2 Å². The fourth-order valence-electron chi connectivity index (χ4n) is 2.03. The quantitative estimate of drug-likeness (QED) is 0.746. The predicted molar refractivity (Wildman–Crippen MR) is 92.3 cm³/mol. The van der Waals surface area contributed by atoms with E-state index in [0.29, 0.717) is 21.3 Å². The van der Waals surface area contributed by atoms with Crippen LogP contribution < -0.4 is 5.32 Å². The van der Waals surface area contributed by atoms with Crippen LogP contribution in [0, 0.1) is 0 Å². The number of amides is 1. The maximum atomic E-state index is 12.0. The van der Waals surface area contributed by atoms with Crippen molar-refractivity contribution in [2.75, 3.05) is 0 Å². The summed E-state index contributed by atoms with van der Waals surface area (Å²) in [5, 5.41) is 21.7. The third-order valence-electron chi connectivity index (χ3n) is 3.22. The van der Waals surface area contributed by atoms with E-state index in [0.717, 1.165) is 11.8 Å². The topological polar surface area (TPSA) is 99.0 Å². The summed E-state index contributed by atoms with van der Waals surface area (Å²) in [5.41, 5.74) is 1.25. The number of carboxylic acid groups (broad SMARTS) is 1. The molecule has 1 heterocycles. The number of aromatic carboxylic acids is 1. The number of benzene rings is 2. The summed E-state index contributed by atoms with van der Waals surface area (Å²) < 4.78 is 0. The maximum absolute atomic E-state index is 12.0. The van der Waals surface area contributed by atoms with Crippen LogP contribution in [-0.4, -0.2) is 27.3 Å². The molecule has 0 bridgehead atoms. The van der Waals surface area contributed by atoms with Gasteiger partial charge in [0.1, 0.15) is 5.75 Å². The second-order valence-corrected chi connectivity index (χ2v) is 5.92. The van der Waals surface area contributed by atoms with E-state index in [-0.39, 0.29) is 17.2 Å². The van der Waals surface area contributed by atoms with E-state index in [9.17, 15) is 14.7 Å². The van der Waals surface area contributed by atoms with Gasteiger partial charge in [-0.1, -0.05) is 18.2 Å². The molecule has 0 aliphatic carbocycles. The first-order valence-corrected chi connectivity index (χ1v) is 7.75. The molecular weight excluding hydrogens is 328 g/mol. The molecule has 3 N–H and O–H groups in total. The number of thioether (sulfide) groups is 1. The fraction of sp³-hybridized carbons (Fsp3) is 0. The van der Waals surface area contributed by atoms with Crippen LogP contribution in [-0.2, 0) is 4.79 Å². The average Bonchev–Trinajstić information content (AvgIpc) is 2.89. The molecule has 2 aromatic rings. The van der Waals surface area contributed by atoms with Gasteiger partial charge >= 0.3 is 5.97 Å². The second kappa shape index (κ2) is 6.59. The molecule has 2 aromatic carbocycles. The monoisotopic (exact) mass is 340 g/mol. The van der Waals surface area contributed by atoms with Crippen molar-refractivity contribution in [3.05, 3.63) is 64.6 Å². The normalized spacial score (nSPS) is 17.2. The van der Waals surface area contributed by atoms with Crippen LogP contribution in [0.1, 0.15) is 15.9 Å². The molecule has 1 aliphatic rings. The Labute approximate surface area is 141 Å². The number of para-hydroxylation sites is 1. The summed E-state index contributed by atoms with van der Waals surface area (Å²) in [5.74, 6) is -1.22. The third-order valence-corrected chi connectivity index (χ3v) is 4.13. The zero-order valence-electron chi connectivity index (χ0n) is 12.3. The van der Waals surface area contributed by atoms with E-state index >= 15 is 0 Å². The number of carbonyl (C=O) groups is 2. The first-order valence-electron chi connectivity index (χ1n) is 6.94. The van der Waals surface area contributed by atoms with Crippen molar-refractivity contribution < 1.29 is 19.8 Å². The molecule has 0 spiro atoms. The summed E-state index contributed by atoms with van der Waals surface area (Å²) in [4.78, 5) is 27.5. The molecule has 0 saturated carbocycles. The lowest BCUT2D eigenvalue weighted by Gasteiger charge is -1.98. The Hall–Kier alpha value is -3.06. The number of phenolic OH excluding ortho intramolecular Hbond substituents is 1. The van der Waals surface area contributed by atoms with Crippen molar-refractivity contribution in [2.24, 2.45) is 4.99 Å². The molecule has 0 atom stereocenters. The van der Waals surface area contributed by atoms with Gasteiger partial charge in [0.15, 0.2) is 5.17 Å². The molecule has 0 radical (unpaired) electrons. The van der Waals surface area contributed by atoms with Crippen LogP contribution in [0.5, 0.6) is 5.75 Å². The van der Waals surface area contributed by atoms with E-state index in [1.165, 1.54) is 12.1 Å². The molecule has 1 saturated heterocycles. The molecule has 1 fully saturated rings. The number of hydrogen-bond acceptors (Lipinski definition) is 5. The minimum Gasteiger partial charge on any atom is -0.507 e. The largest absolute Gasteiger partial charge is 0.507 e. The number of amidine groups is 1. The predicted octanol–water partition coefficient (Wildman–Crippen LogP) is 2.98. The minimum absolute atomic E-state index is 0.0908. The SMILES string of the molecule is O=C1NC(=Nc2ccc(C(=O)O)cc2)S/C1=C\c1ccccc1O. The van der Waals surface area contributed by atoms with Crippen molar-refractivity contribution in [1.82, 2.24) is 5.32 Å².